The third-order valence-electron chi connectivity index (χ3n) is 7.62. The number of hydrogen-bond donors (Lipinski definition) is 3. The second-order valence-corrected chi connectivity index (χ2v) is 11.7. The van der Waals surface area contributed by atoms with Gasteiger partial charge in [-0.05, 0) is 54.6 Å². The Kier molecular flexibility index (Phi) is 11.8. The number of nitrogens with one attached hydrogen (secondary N) is 1. The molecule has 2 amide bonds. The largest absolute Gasteiger partial charge is 0.465 e. The van der Waals surface area contributed by atoms with E-state index >= 15 is 0 Å². The Hall–Kier alpha value is -2.90. The van der Waals surface area contributed by atoms with Gasteiger partial charge in [0.25, 0.3) is 0 Å². The van der Waals surface area contributed by atoms with Gasteiger partial charge in [0.05, 0.1) is 12.6 Å². The second kappa shape index (κ2) is 15.0. The first-order valence-electron chi connectivity index (χ1n) is 14.2. The van der Waals surface area contributed by atoms with Gasteiger partial charge in [-0.15, -0.1) is 11.3 Å². The Bertz CT molecular complexity index is 1180. The number of thiophene rings is 1. The number of aliphatic hydroxyl groups is 1. The van der Waals surface area contributed by atoms with Crippen LogP contribution in [0.1, 0.15) is 76.8 Å². The zero-order valence-corrected chi connectivity index (χ0v) is 24.4. The summed E-state index contributed by atoms with van der Waals surface area (Å²) in [5.74, 6) is -0.384. The molecule has 0 saturated carbocycles. The summed E-state index contributed by atoms with van der Waals surface area (Å²) in [6, 6.07) is 16.8. The smallest absolute Gasteiger partial charge is 0.408 e. The minimum absolute atomic E-state index is 0.238. The molecule has 39 heavy (non-hydrogen) atoms. The molecule has 0 saturated heterocycles. The van der Waals surface area contributed by atoms with Crippen molar-refractivity contribution in [3.63, 3.8) is 0 Å². The van der Waals surface area contributed by atoms with E-state index in [1.807, 2.05) is 66.9 Å². The molecule has 0 aliphatic heterocycles. The summed E-state index contributed by atoms with van der Waals surface area (Å²) < 4.78 is 1.11. The Morgan fingerprint density at radius 3 is 2.36 bits per heavy atom. The van der Waals surface area contributed by atoms with Crippen LogP contribution >= 0.6 is 11.3 Å². The zero-order chi connectivity index (χ0) is 28.3. The van der Waals surface area contributed by atoms with Crippen molar-refractivity contribution in [3.8, 4) is 0 Å². The molecule has 6 nitrogen and oxygen atoms in total. The minimum Gasteiger partial charge on any atom is -0.465 e. The molecule has 0 aliphatic carbocycles. The molecular formula is C32H44N2O4S. The number of unbranched alkanes of at least 4 members (excludes halogenated alkanes) is 5. The van der Waals surface area contributed by atoms with Crippen LogP contribution in [0.5, 0.6) is 0 Å². The van der Waals surface area contributed by atoms with Crippen molar-refractivity contribution in [3.05, 3.63) is 71.1 Å². The molecule has 3 atom stereocenters. The monoisotopic (exact) mass is 552 g/mol. The number of rotatable bonds is 16. The van der Waals surface area contributed by atoms with Gasteiger partial charge in [0, 0.05) is 17.2 Å². The van der Waals surface area contributed by atoms with Crippen LogP contribution < -0.4 is 5.32 Å². The fourth-order valence-electron chi connectivity index (χ4n) is 5.45. The molecule has 1 heterocycles. The highest BCUT2D eigenvalue weighted by molar-refractivity contribution is 7.17. The van der Waals surface area contributed by atoms with Crippen LogP contribution in [0.15, 0.2) is 60.0 Å². The molecule has 2 aromatic carbocycles. The van der Waals surface area contributed by atoms with Gasteiger partial charge in [0.1, 0.15) is 5.54 Å². The molecule has 212 valence electrons. The molecule has 3 aromatic rings. The van der Waals surface area contributed by atoms with Gasteiger partial charge in [-0.2, -0.15) is 0 Å². The van der Waals surface area contributed by atoms with Crippen LogP contribution in [0.3, 0.4) is 0 Å². The Morgan fingerprint density at radius 1 is 1.00 bits per heavy atom. The molecule has 3 unspecified atom stereocenters. The average Bonchev–Trinajstić information content (AvgIpc) is 3.33. The van der Waals surface area contributed by atoms with E-state index in [0.717, 1.165) is 40.5 Å². The Morgan fingerprint density at radius 2 is 1.67 bits per heavy atom. The molecule has 0 fully saturated rings. The first-order valence-corrected chi connectivity index (χ1v) is 15.1. The summed E-state index contributed by atoms with van der Waals surface area (Å²) in [4.78, 5) is 28.2. The lowest BCUT2D eigenvalue weighted by Gasteiger charge is -2.42. The van der Waals surface area contributed by atoms with E-state index in [-0.39, 0.29) is 25.0 Å². The summed E-state index contributed by atoms with van der Waals surface area (Å²) >= 11 is 1.60. The van der Waals surface area contributed by atoms with Crippen LogP contribution in [-0.2, 0) is 17.6 Å². The fourth-order valence-corrected chi connectivity index (χ4v) is 6.41. The van der Waals surface area contributed by atoms with E-state index < -0.39 is 17.7 Å². The van der Waals surface area contributed by atoms with E-state index in [0.29, 0.717) is 12.8 Å². The molecule has 1 aromatic heterocycles. The summed E-state index contributed by atoms with van der Waals surface area (Å²) in [6.07, 6.45) is 7.02. The second-order valence-electron chi connectivity index (χ2n) is 10.8. The highest BCUT2D eigenvalue weighted by Crippen LogP contribution is 2.33. The van der Waals surface area contributed by atoms with Gasteiger partial charge in [-0.3, -0.25) is 9.69 Å². The van der Waals surface area contributed by atoms with E-state index in [9.17, 15) is 19.8 Å². The standard InChI is InChI=1S/C32H44N2O4S/c1-4-5-6-7-8-10-15-24(2)34(31(37)38)32(3,21-26-23-39-29-19-14-13-18-28(26)29)30(36)33-27(22-35)20-25-16-11-9-12-17-25/h9,11-14,16-19,23-24,27,35H,4-8,10,15,20-22H2,1-3H3,(H,33,36)(H,37,38). The number of amides is 2. The van der Waals surface area contributed by atoms with Crippen molar-refractivity contribution in [1.29, 1.82) is 0 Å². The molecule has 0 bridgehead atoms. The first kappa shape index (κ1) is 30.6. The molecule has 0 radical (unpaired) electrons. The maximum atomic E-state index is 14.1. The Labute approximate surface area is 237 Å². The Balaban J connectivity index is 1.87. The zero-order valence-electron chi connectivity index (χ0n) is 23.6. The number of aliphatic hydroxyl groups excluding tert-OH is 1. The van der Waals surface area contributed by atoms with Gasteiger partial charge in [-0.1, -0.05) is 94.0 Å². The molecule has 3 rings (SSSR count). The van der Waals surface area contributed by atoms with Crippen LogP contribution in [-0.4, -0.2) is 51.3 Å². The minimum atomic E-state index is -1.36. The van der Waals surface area contributed by atoms with E-state index in [1.165, 1.54) is 24.2 Å². The summed E-state index contributed by atoms with van der Waals surface area (Å²) in [7, 11) is 0. The van der Waals surface area contributed by atoms with Gasteiger partial charge < -0.3 is 15.5 Å². The normalized spacial score (nSPS) is 14.5. The summed E-state index contributed by atoms with van der Waals surface area (Å²) in [6.45, 7) is 5.59. The van der Waals surface area contributed by atoms with Gasteiger partial charge in [0.2, 0.25) is 5.91 Å². The summed E-state index contributed by atoms with van der Waals surface area (Å²) in [5, 5.41) is 26.7. The third kappa shape index (κ3) is 8.29. The molecule has 0 spiro atoms. The fraction of sp³-hybridized carbons (Fsp3) is 0.500. The van der Waals surface area contributed by atoms with Crippen molar-refractivity contribution in [2.75, 3.05) is 6.61 Å². The highest BCUT2D eigenvalue weighted by Gasteiger charge is 2.45. The third-order valence-corrected chi connectivity index (χ3v) is 8.63. The molecular weight excluding hydrogens is 508 g/mol. The molecule has 3 N–H and O–H groups in total. The number of benzene rings is 2. The maximum Gasteiger partial charge on any atom is 0.408 e. The van der Waals surface area contributed by atoms with Crippen LogP contribution in [0.25, 0.3) is 10.1 Å². The number of carbonyl (C=O) groups is 2. The number of fused-ring (bicyclic) bond motifs is 1. The lowest BCUT2D eigenvalue weighted by Crippen LogP contribution is -2.64. The molecule has 7 heteroatoms. The number of nitrogens with zero attached hydrogens (tertiary/aromatic N) is 1. The van der Waals surface area contributed by atoms with Crippen molar-refractivity contribution in [2.24, 2.45) is 0 Å². The number of carbonyl (C=O) groups excluding carboxylic acids is 1. The summed E-state index contributed by atoms with van der Waals surface area (Å²) in [5.41, 5.74) is 0.588. The van der Waals surface area contributed by atoms with Crippen LogP contribution in [0, 0.1) is 0 Å². The first-order chi connectivity index (χ1) is 18.8. The van der Waals surface area contributed by atoms with Gasteiger partial charge in [-0.25, -0.2) is 4.79 Å². The van der Waals surface area contributed by atoms with E-state index in [4.69, 9.17) is 0 Å². The van der Waals surface area contributed by atoms with E-state index in [1.54, 1.807) is 18.3 Å². The van der Waals surface area contributed by atoms with Crippen LogP contribution in [0.2, 0.25) is 0 Å². The predicted octanol–water partition coefficient (Wildman–Crippen LogP) is 7.04. The number of carboxylic acid groups (broad SMARTS) is 1. The van der Waals surface area contributed by atoms with Crippen molar-refractivity contribution in [1.82, 2.24) is 10.2 Å². The SMILES string of the molecule is CCCCCCCCC(C)N(C(=O)O)C(C)(Cc1csc2ccccc12)C(=O)NC(CO)Cc1ccccc1. The maximum absolute atomic E-state index is 14.1. The molecule has 0 aliphatic rings. The van der Waals surface area contributed by atoms with Crippen molar-refractivity contribution in [2.45, 2.75) is 96.2 Å². The van der Waals surface area contributed by atoms with Gasteiger partial charge in [0.15, 0.2) is 0 Å². The van der Waals surface area contributed by atoms with Crippen molar-refractivity contribution < 1.29 is 19.8 Å². The lowest BCUT2D eigenvalue weighted by molar-refractivity contribution is -0.134. The van der Waals surface area contributed by atoms with Crippen LogP contribution in [0.4, 0.5) is 4.79 Å². The topological polar surface area (TPSA) is 89.9 Å². The van der Waals surface area contributed by atoms with Crippen molar-refractivity contribution >= 4 is 33.4 Å². The van der Waals surface area contributed by atoms with Gasteiger partial charge >= 0.3 is 6.09 Å². The number of hydrogen-bond acceptors (Lipinski definition) is 4. The average molecular weight is 553 g/mol. The lowest BCUT2D eigenvalue weighted by atomic mass is 9.87. The van der Waals surface area contributed by atoms with E-state index in [2.05, 4.69) is 12.2 Å². The predicted molar refractivity (Wildman–Crippen MR) is 160 cm³/mol. The highest BCUT2D eigenvalue weighted by atomic mass is 32.1. The quantitative estimate of drug-likeness (QED) is 0.166.